The lowest BCUT2D eigenvalue weighted by atomic mass is 9.98. The van der Waals surface area contributed by atoms with Gasteiger partial charge >= 0.3 is 0 Å². The first-order valence-corrected chi connectivity index (χ1v) is 8.65. The average molecular weight is 289 g/mol. The zero-order valence-electron chi connectivity index (χ0n) is 14.0. The van der Waals surface area contributed by atoms with Crippen LogP contribution in [0.1, 0.15) is 57.1 Å². The van der Waals surface area contributed by atoms with Crippen molar-refractivity contribution in [3.05, 3.63) is 23.4 Å². The minimum Gasteiger partial charge on any atom is -0.356 e. The normalized spacial score (nSPS) is 19.6. The Morgan fingerprint density at radius 1 is 1.29 bits per heavy atom. The van der Waals surface area contributed by atoms with Gasteiger partial charge in [0.25, 0.3) is 0 Å². The van der Waals surface area contributed by atoms with Crippen molar-refractivity contribution in [1.82, 2.24) is 10.3 Å². The molecule has 0 amide bonds. The predicted octanol–water partition coefficient (Wildman–Crippen LogP) is 3.91. The summed E-state index contributed by atoms with van der Waals surface area (Å²) in [6.45, 7) is 11.1. The summed E-state index contributed by atoms with van der Waals surface area (Å²) in [5.41, 5.74) is 2.62. The lowest BCUT2D eigenvalue weighted by Crippen LogP contribution is -2.26. The highest BCUT2D eigenvalue weighted by atomic mass is 15.2. The Labute approximate surface area is 130 Å². The molecule has 1 aromatic rings. The van der Waals surface area contributed by atoms with Crippen LogP contribution < -0.4 is 10.2 Å². The molecule has 1 N–H and O–H groups in total. The van der Waals surface area contributed by atoms with Crippen molar-refractivity contribution >= 4 is 5.82 Å². The molecule has 1 atom stereocenters. The lowest BCUT2D eigenvalue weighted by molar-refractivity contribution is 0.459. The third-order valence-electron chi connectivity index (χ3n) is 4.59. The van der Waals surface area contributed by atoms with E-state index in [0.717, 1.165) is 25.6 Å². The van der Waals surface area contributed by atoms with E-state index in [0.29, 0.717) is 0 Å². The number of aryl methyl sites for hydroxylation is 1. The summed E-state index contributed by atoms with van der Waals surface area (Å²) in [5, 5.41) is 3.45. The Morgan fingerprint density at radius 3 is 2.86 bits per heavy atom. The number of anilines is 1. The smallest absolute Gasteiger partial charge is 0.131 e. The molecule has 3 nitrogen and oxygen atoms in total. The Hall–Kier alpha value is -1.09. The number of nitrogens with one attached hydrogen (secondary N) is 1. The summed E-state index contributed by atoms with van der Waals surface area (Å²) in [7, 11) is 0. The molecule has 1 aromatic heterocycles. The van der Waals surface area contributed by atoms with E-state index < -0.39 is 0 Å². The van der Waals surface area contributed by atoms with Gasteiger partial charge in [-0.25, -0.2) is 4.98 Å². The second-order valence-electron chi connectivity index (χ2n) is 6.35. The van der Waals surface area contributed by atoms with Gasteiger partial charge in [0, 0.05) is 25.8 Å². The third kappa shape index (κ3) is 4.70. The van der Waals surface area contributed by atoms with E-state index in [1.807, 2.05) is 6.20 Å². The molecule has 1 aliphatic rings. The Morgan fingerprint density at radius 2 is 2.14 bits per heavy atom. The fourth-order valence-corrected chi connectivity index (χ4v) is 3.25. The van der Waals surface area contributed by atoms with Crippen LogP contribution >= 0.6 is 0 Å². The average Bonchev–Trinajstić information content (AvgIpc) is 2.73. The number of hydrogen-bond acceptors (Lipinski definition) is 3. The van der Waals surface area contributed by atoms with Crippen molar-refractivity contribution in [2.24, 2.45) is 5.92 Å². The first-order valence-electron chi connectivity index (χ1n) is 8.65. The lowest BCUT2D eigenvalue weighted by Gasteiger charge is -2.24. The van der Waals surface area contributed by atoms with Gasteiger partial charge in [0.15, 0.2) is 0 Å². The van der Waals surface area contributed by atoms with Gasteiger partial charge in [0.1, 0.15) is 5.82 Å². The number of pyridine rings is 1. The van der Waals surface area contributed by atoms with Crippen molar-refractivity contribution in [2.75, 3.05) is 24.5 Å². The highest BCUT2D eigenvalue weighted by Gasteiger charge is 2.18. The minimum atomic E-state index is 0.910. The molecule has 0 aliphatic carbocycles. The molecule has 2 rings (SSSR count). The summed E-state index contributed by atoms with van der Waals surface area (Å²) in [5.74, 6) is 2.11. The number of nitrogens with zero attached hydrogens (tertiary/aromatic N) is 2. The van der Waals surface area contributed by atoms with Crippen molar-refractivity contribution in [2.45, 2.75) is 59.4 Å². The van der Waals surface area contributed by atoms with Gasteiger partial charge in [-0.2, -0.15) is 0 Å². The highest BCUT2D eigenvalue weighted by molar-refractivity contribution is 5.47. The molecule has 0 saturated carbocycles. The van der Waals surface area contributed by atoms with E-state index in [1.54, 1.807) is 0 Å². The van der Waals surface area contributed by atoms with Crippen LogP contribution in [0.15, 0.2) is 12.3 Å². The first kappa shape index (κ1) is 16.3. The molecule has 0 aromatic carbocycles. The van der Waals surface area contributed by atoms with Gasteiger partial charge in [-0.05, 0) is 62.3 Å². The van der Waals surface area contributed by atoms with E-state index in [4.69, 9.17) is 4.98 Å². The SMILES string of the molecule is CCCNCc1cnc(N2CCCC(CC)CC2)c(C)c1. The van der Waals surface area contributed by atoms with Crippen LogP contribution in [0.4, 0.5) is 5.82 Å². The van der Waals surface area contributed by atoms with Crippen LogP contribution in [0.5, 0.6) is 0 Å². The Bertz CT molecular complexity index is 430. The Kier molecular flexibility index (Phi) is 6.50. The number of aromatic nitrogens is 1. The second-order valence-corrected chi connectivity index (χ2v) is 6.35. The monoisotopic (exact) mass is 289 g/mol. The van der Waals surface area contributed by atoms with E-state index in [1.165, 1.54) is 55.6 Å². The van der Waals surface area contributed by atoms with Crippen molar-refractivity contribution in [3.8, 4) is 0 Å². The van der Waals surface area contributed by atoms with Gasteiger partial charge in [-0.3, -0.25) is 0 Å². The zero-order valence-corrected chi connectivity index (χ0v) is 14.0. The van der Waals surface area contributed by atoms with Crippen LogP contribution in [-0.2, 0) is 6.54 Å². The molecule has 0 spiro atoms. The topological polar surface area (TPSA) is 28.2 Å². The summed E-state index contributed by atoms with van der Waals surface area (Å²) in [4.78, 5) is 7.25. The van der Waals surface area contributed by atoms with Crippen LogP contribution in [0, 0.1) is 12.8 Å². The maximum atomic E-state index is 4.76. The molecular formula is C18H31N3. The fourth-order valence-electron chi connectivity index (χ4n) is 3.25. The molecule has 0 bridgehead atoms. The standard InChI is InChI=1S/C18H31N3/c1-4-9-19-13-17-12-15(3)18(20-14-17)21-10-6-7-16(5-2)8-11-21/h12,14,16,19H,4-11,13H2,1-3H3. The van der Waals surface area contributed by atoms with Gasteiger partial charge in [0.2, 0.25) is 0 Å². The molecule has 2 heterocycles. The third-order valence-corrected chi connectivity index (χ3v) is 4.59. The number of hydrogen-bond donors (Lipinski definition) is 1. The molecule has 3 heteroatoms. The maximum absolute atomic E-state index is 4.76. The van der Waals surface area contributed by atoms with Gasteiger partial charge in [0.05, 0.1) is 0 Å². The quantitative estimate of drug-likeness (QED) is 0.805. The maximum Gasteiger partial charge on any atom is 0.131 e. The van der Waals surface area contributed by atoms with Crippen LogP contribution in [0.25, 0.3) is 0 Å². The number of rotatable bonds is 6. The molecule has 0 radical (unpaired) electrons. The molecule has 1 unspecified atom stereocenters. The van der Waals surface area contributed by atoms with E-state index in [9.17, 15) is 0 Å². The van der Waals surface area contributed by atoms with Gasteiger partial charge in [-0.1, -0.05) is 20.3 Å². The van der Waals surface area contributed by atoms with E-state index in [2.05, 4.69) is 37.1 Å². The fraction of sp³-hybridized carbons (Fsp3) is 0.722. The molecule has 1 fully saturated rings. The Balaban J connectivity index is 1.99. The highest BCUT2D eigenvalue weighted by Crippen LogP contribution is 2.25. The molecule has 118 valence electrons. The van der Waals surface area contributed by atoms with Gasteiger partial charge in [-0.15, -0.1) is 0 Å². The largest absolute Gasteiger partial charge is 0.356 e. The van der Waals surface area contributed by atoms with Crippen LogP contribution in [0.2, 0.25) is 0 Å². The second kappa shape index (κ2) is 8.38. The first-order chi connectivity index (χ1) is 10.2. The molecular weight excluding hydrogens is 258 g/mol. The van der Waals surface area contributed by atoms with Crippen molar-refractivity contribution < 1.29 is 0 Å². The summed E-state index contributed by atoms with van der Waals surface area (Å²) in [6.07, 6.45) is 8.55. The van der Waals surface area contributed by atoms with Crippen LogP contribution in [0.3, 0.4) is 0 Å². The molecule has 1 saturated heterocycles. The summed E-state index contributed by atoms with van der Waals surface area (Å²) in [6, 6.07) is 2.30. The molecule has 1 aliphatic heterocycles. The van der Waals surface area contributed by atoms with Crippen LogP contribution in [-0.4, -0.2) is 24.6 Å². The van der Waals surface area contributed by atoms with Crippen molar-refractivity contribution in [3.63, 3.8) is 0 Å². The van der Waals surface area contributed by atoms with E-state index >= 15 is 0 Å². The molecule has 21 heavy (non-hydrogen) atoms. The summed E-state index contributed by atoms with van der Waals surface area (Å²) >= 11 is 0. The zero-order chi connectivity index (χ0) is 15.1. The van der Waals surface area contributed by atoms with E-state index in [-0.39, 0.29) is 0 Å². The van der Waals surface area contributed by atoms with Crippen molar-refractivity contribution in [1.29, 1.82) is 0 Å². The predicted molar refractivity (Wildman–Crippen MR) is 90.8 cm³/mol. The minimum absolute atomic E-state index is 0.910. The summed E-state index contributed by atoms with van der Waals surface area (Å²) < 4.78 is 0. The van der Waals surface area contributed by atoms with Gasteiger partial charge < -0.3 is 10.2 Å².